The summed E-state index contributed by atoms with van der Waals surface area (Å²) in [6.07, 6.45) is 0. The maximum atomic E-state index is 12.0. The SMILES string of the molecule is Cc1ccc(CNS(=O)(=O)c2cc(Br)c(Br)s2)o1. The summed E-state index contributed by atoms with van der Waals surface area (Å²) in [5, 5.41) is 0. The first-order valence-electron chi connectivity index (χ1n) is 4.88. The molecule has 2 rings (SSSR count). The van der Waals surface area contributed by atoms with Crippen molar-refractivity contribution in [1.29, 1.82) is 0 Å². The summed E-state index contributed by atoms with van der Waals surface area (Å²) in [7, 11) is -3.50. The van der Waals surface area contributed by atoms with Gasteiger partial charge in [0.1, 0.15) is 15.7 Å². The molecule has 8 heteroatoms. The molecule has 0 saturated carbocycles. The van der Waals surface area contributed by atoms with E-state index in [0.29, 0.717) is 5.76 Å². The number of sulfonamides is 1. The first-order valence-corrected chi connectivity index (χ1v) is 8.77. The fraction of sp³-hybridized carbons (Fsp3) is 0.200. The molecule has 0 aliphatic carbocycles. The summed E-state index contributed by atoms with van der Waals surface area (Å²) in [4.78, 5) is 0. The molecule has 0 radical (unpaired) electrons. The molecular formula is C10H9Br2NO3S2. The van der Waals surface area contributed by atoms with E-state index in [-0.39, 0.29) is 10.8 Å². The van der Waals surface area contributed by atoms with Crippen LogP contribution in [0.15, 0.2) is 35.1 Å². The molecule has 0 unspecified atom stereocenters. The van der Waals surface area contributed by atoms with Gasteiger partial charge in [-0.1, -0.05) is 0 Å². The Morgan fingerprint density at radius 2 is 2.11 bits per heavy atom. The predicted molar refractivity (Wildman–Crippen MR) is 77.2 cm³/mol. The van der Waals surface area contributed by atoms with Gasteiger partial charge in [0.25, 0.3) is 10.0 Å². The Morgan fingerprint density at radius 3 is 2.61 bits per heavy atom. The fourth-order valence-electron chi connectivity index (χ4n) is 1.28. The van der Waals surface area contributed by atoms with E-state index in [9.17, 15) is 8.42 Å². The van der Waals surface area contributed by atoms with Gasteiger partial charge < -0.3 is 4.42 Å². The molecule has 2 heterocycles. The smallest absolute Gasteiger partial charge is 0.250 e. The number of hydrogen-bond acceptors (Lipinski definition) is 4. The summed E-state index contributed by atoms with van der Waals surface area (Å²) in [5.41, 5.74) is 0. The van der Waals surface area contributed by atoms with Crippen molar-refractivity contribution in [3.05, 3.63) is 38.0 Å². The van der Waals surface area contributed by atoms with Crippen LogP contribution in [0.1, 0.15) is 11.5 Å². The molecule has 0 amide bonds. The Labute approximate surface area is 126 Å². The lowest BCUT2D eigenvalue weighted by Gasteiger charge is -2.02. The largest absolute Gasteiger partial charge is 0.465 e. The van der Waals surface area contributed by atoms with Crippen LogP contribution in [-0.4, -0.2) is 8.42 Å². The van der Waals surface area contributed by atoms with Crippen molar-refractivity contribution >= 4 is 53.2 Å². The van der Waals surface area contributed by atoms with Crippen molar-refractivity contribution < 1.29 is 12.8 Å². The van der Waals surface area contributed by atoms with Crippen molar-refractivity contribution in [3.63, 3.8) is 0 Å². The Balaban J connectivity index is 2.12. The van der Waals surface area contributed by atoms with Crippen LogP contribution >= 0.6 is 43.2 Å². The topological polar surface area (TPSA) is 59.3 Å². The first kappa shape index (κ1) is 14.3. The lowest BCUT2D eigenvalue weighted by Crippen LogP contribution is -2.22. The third-order valence-corrected chi connectivity index (χ3v) is 7.25. The molecule has 0 aliphatic rings. The van der Waals surface area contributed by atoms with Crippen LogP contribution in [0.5, 0.6) is 0 Å². The van der Waals surface area contributed by atoms with Gasteiger partial charge in [-0.3, -0.25) is 0 Å². The maximum absolute atomic E-state index is 12.0. The highest BCUT2D eigenvalue weighted by Gasteiger charge is 2.19. The Morgan fingerprint density at radius 1 is 1.39 bits per heavy atom. The van der Waals surface area contributed by atoms with Gasteiger partial charge in [0.05, 0.1) is 10.3 Å². The van der Waals surface area contributed by atoms with E-state index in [0.717, 1.165) is 25.4 Å². The van der Waals surface area contributed by atoms with Gasteiger partial charge in [0.2, 0.25) is 0 Å². The highest BCUT2D eigenvalue weighted by atomic mass is 79.9. The number of nitrogens with one attached hydrogen (secondary N) is 1. The quantitative estimate of drug-likeness (QED) is 0.830. The Kier molecular flexibility index (Phi) is 4.32. The van der Waals surface area contributed by atoms with Crippen LogP contribution < -0.4 is 4.72 Å². The highest BCUT2D eigenvalue weighted by molar-refractivity contribution is 9.13. The first-order chi connectivity index (χ1) is 8.38. The summed E-state index contributed by atoms with van der Waals surface area (Å²) in [6.45, 7) is 1.95. The minimum absolute atomic E-state index is 0.142. The van der Waals surface area contributed by atoms with Crippen molar-refractivity contribution in [2.24, 2.45) is 0 Å². The van der Waals surface area contributed by atoms with Gasteiger partial charge in [-0.05, 0) is 57.0 Å². The van der Waals surface area contributed by atoms with Crippen LogP contribution in [0.25, 0.3) is 0 Å². The van der Waals surface area contributed by atoms with Gasteiger partial charge in [0.15, 0.2) is 0 Å². The molecule has 0 aliphatic heterocycles. The number of halogens is 2. The average molecular weight is 415 g/mol. The van der Waals surface area contributed by atoms with Crippen LogP contribution in [0, 0.1) is 6.92 Å². The van der Waals surface area contributed by atoms with E-state index in [1.165, 1.54) is 0 Å². The average Bonchev–Trinajstić information content (AvgIpc) is 2.84. The van der Waals surface area contributed by atoms with Crippen LogP contribution in [0.4, 0.5) is 0 Å². The minimum Gasteiger partial charge on any atom is -0.465 e. The molecule has 1 N–H and O–H groups in total. The summed E-state index contributed by atoms with van der Waals surface area (Å²) >= 11 is 7.68. The van der Waals surface area contributed by atoms with Gasteiger partial charge in [-0.15, -0.1) is 11.3 Å². The molecule has 4 nitrogen and oxygen atoms in total. The van der Waals surface area contributed by atoms with E-state index in [2.05, 4.69) is 36.6 Å². The maximum Gasteiger partial charge on any atom is 0.250 e. The number of thiophene rings is 1. The zero-order valence-electron chi connectivity index (χ0n) is 9.24. The van der Waals surface area contributed by atoms with E-state index in [1.54, 1.807) is 18.2 Å². The second-order valence-electron chi connectivity index (χ2n) is 3.52. The summed E-state index contributed by atoms with van der Waals surface area (Å²) < 4.78 is 33.5. The normalized spacial score (nSPS) is 11.9. The number of furan rings is 1. The Bertz CT molecular complexity index is 641. The minimum atomic E-state index is -3.50. The molecule has 2 aromatic heterocycles. The van der Waals surface area contributed by atoms with Crippen molar-refractivity contribution in [3.8, 4) is 0 Å². The monoisotopic (exact) mass is 413 g/mol. The van der Waals surface area contributed by atoms with Crippen LogP contribution in [0.3, 0.4) is 0 Å². The zero-order valence-corrected chi connectivity index (χ0v) is 14.0. The van der Waals surface area contributed by atoms with Crippen molar-refractivity contribution in [2.45, 2.75) is 17.7 Å². The van der Waals surface area contributed by atoms with Gasteiger partial charge in [0, 0.05) is 4.47 Å². The van der Waals surface area contributed by atoms with Gasteiger partial charge in [-0.25, -0.2) is 13.1 Å². The molecule has 98 valence electrons. The molecule has 18 heavy (non-hydrogen) atoms. The lowest BCUT2D eigenvalue weighted by molar-refractivity contribution is 0.475. The van der Waals surface area contributed by atoms with E-state index < -0.39 is 10.0 Å². The molecule has 0 fully saturated rings. The van der Waals surface area contributed by atoms with Crippen LogP contribution in [0.2, 0.25) is 0 Å². The molecular weight excluding hydrogens is 406 g/mol. The second kappa shape index (κ2) is 5.46. The second-order valence-corrected chi connectivity index (χ2v) is 8.74. The highest BCUT2D eigenvalue weighted by Crippen LogP contribution is 2.34. The molecule has 0 atom stereocenters. The molecule has 0 saturated heterocycles. The van der Waals surface area contributed by atoms with Gasteiger partial charge in [-0.2, -0.15) is 0 Å². The predicted octanol–water partition coefficient (Wildman–Crippen LogP) is 3.65. The third-order valence-electron chi connectivity index (χ3n) is 2.12. The third kappa shape index (κ3) is 3.24. The van der Waals surface area contributed by atoms with Crippen LogP contribution in [-0.2, 0) is 16.6 Å². The molecule has 2 aromatic rings. The van der Waals surface area contributed by atoms with E-state index >= 15 is 0 Å². The van der Waals surface area contributed by atoms with E-state index in [4.69, 9.17) is 4.42 Å². The number of hydrogen-bond donors (Lipinski definition) is 1. The summed E-state index contributed by atoms with van der Waals surface area (Å²) in [6, 6.07) is 5.10. The number of aryl methyl sites for hydroxylation is 1. The van der Waals surface area contributed by atoms with Crippen molar-refractivity contribution in [1.82, 2.24) is 4.72 Å². The molecule has 0 bridgehead atoms. The number of rotatable bonds is 4. The van der Waals surface area contributed by atoms with Crippen molar-refractivity contribution in [2.75, 3.05) is 0 Å². The molecule has 0 spiro atoms. The molecule has 0 aromatic carbocycles. The fourth-order valence-corrected chi connectivity index (χ4v) is 5.13. The van der Waals surface area contributed by atoms with E-state index in [1.807, 2.05) is 6.92 Å². The standard InChI is InChI=1S/C10H9Br2NO3S2/c1-6-2-3-7(16-6)5-13-18(14,15)9-4-8(11)10(12)17-9/h2-4,13H,5H2,1H3. The lowest BCUT2D eigenvalue weighted by atomic mass is 10.4. The Hall–Kier alpha value is -0.150. The zero-order chi connectivity index (χ0) is 13.3. The van der Waals surface area contributed by atoms with Gasteiger partial charge >= 0.3 is 0 Å². The summed E-state index contributed by atoms with van der Waals surface area (Å²) in [5.74, 6) is 1.34.